The maximum absolute atomic E-state index is 6.16. The van der Waals surface area contributed by atoms with Crippen LogP contribution in [0.1, 0.15) is 18.1 Å². The summed E-state index contributed by atoms with van der Waals surface area (Å²) >= 11 is 0. The van der Waals surface area contributed by atoms with Crippen LogP contribution in [-0.2, 0) is 13.1 Å². The molecule has 0 N–H and O–H groups in total. The lowest BCUT2D eigenvalue weighted by Crippen LogP contribution is -2.30. The quantitative estimate of drug-likeness (QED) is 0.699. The third-order valence-corrected chi connectivity index (χ3v) is 4.86. The first-order valence-corrected chi connectivity index (χ1v) is 9.15. The molecule has 2 aromatic carbocycles. The molecule has 0 saturated heterocycles. The Balaban J connectivity index is 1.75. The van der Waals surface area contributed by atoms with Gasteiger partial charge in [-0.05, 0) is 30.7 Å². The van der Waals surface area contributed by atoms with Crippen molar-refractivity contribution in [1.82, 2.24) is 9.88 Å². The molecule has 0 fully saturated rings. The summed E-state index contributed by atoms with van der Waals surface area (Å²) in [6.07, 6.45) is 0.0523. The molecule has 3 aromatic rings. The van der Waals surface area contributed by atoms with Crippen LogP contribution < -0.4 is 14.2 Å². The molecule has 1 aromatic heterocycles. The number of hydrogen-bond acceptors (Lipinski definition) is 5. The lowest BCUT2D eigenvalue weighted by Gasteiger charge is -2.21. The van der Waals surface area contributed by atoms with Gasteiger partial charge in [0.05, 0.1) is 14.2 Å². The monoisotopic (exact) mass is 364 g/mol. The van der Waals surface area contributed by atoms with E-state index < -0.39 is 0 Å². The zero-order valence-corrected chi connectivity index (χ0v) is 15.9. The summed E-state index contributed by atoms with van der Waals surface area (Å²) in [6.45, 7) is 4.58. The molecule has 0 spiro atoms. The number of fused-ring (bicyclic) bond motifs is 2. The van der Waals surface area contributed by atoms with Crippen LogP contribution in [0.2, 0.25) is 0 Å². The maximum Gasteiger partial charge on any atom is 0.218 e. The fourth-order valence-corrected chi connectivity index (χ4v) is 3.65. The van der Waals surface area contributed by atoms with Gasteiger partial charge in [0, 0.05) is 30.6 Å². The van der Waals surface area contributed by atoms with E-state index in [-0.39, 0.29) is 6.10 Å². The fraction of sp³-hybridized carbons (Fsp3) is 0.318. The first-order chi connectivity index (χ1) is 13.2. The van der Waals surface area contributed by atoms with E-state index in [1.54, 1.807) is 14.2 Å². The van der Waals surface area contributed by atoms with Crippen molar-refractivity contribution in [2.75, 3.05) is 20.8 Å². The van der Waals surface area contributed by atoms with Gasteiger partial charge < -0.3 is 14.2 Å². The van der Waals surface area contributed by atoms with Crippen LogP contribution in [0.5, 0.6) is 17.4 Å². The molecular weight excluding hydrogens is 340 g/mol. The molecule has 1 atom stereocenters. The minimum absolute atomic E-state index is 0.0523. The normalized spacial score (nSPS) is 17.1. The van der Waals surface area contributed by atoms with E-state index in [9.17, 15) is 0 Å². The van der Waals surface area contributed by atoms with Crippen molar-refractivity contribution in [2.45, 2.75) is 26.1 Å². The fourth-order valence-electron chi connectivity index (χ4n) is 3.65. The Morgan fingerprint density at radius 1 is 1.07 bits per heavy atom. The zero-order chi connectivity index (χ0) is 18.8. The largest absolute Gasteiger partial charge is 0.496 e. The molecule has 1 aliphatic heterocycles. The highest BCUT2D eigenvalue weighted by atomic mass is 16.5. The second-order valence-corrected chi connectivity index (χ2v) is 6.90. The Morgan fingerprint density at radius 2 is 1.81 bits per heavy atom. The smallest absolute Gasteiger partial charge is 0.218 e. The van der Waals surface area contributed by atoms with Gasteiger partial charge >= 0.3 is 0 Å². The molecule has 0 radical (unpaired) electrons. The van der Waals surface area contributed by atoms with Crippen molar-refractivity contribution in [1.29, 1.82) is 0 Å². The lowest BCUT2D eigenvalue weighted by molar-refractivity contribution is 0.153. The minimum Gasteiger partial charge on any atom is -0.496 e. The summed E-state index contributed by atoms with van der Waals surface area (Å²) in [5.41, 5.74) is 3.12. The summed E-state index contributed by atoms with van der Waals surface area (Å²) in [7, 11) is 3.33. The SMILES string of the molecule is COc1ccc(OC)c2nc3c(cc12)CN(Cc1ccccc1)C[C@@H](C)O3. The third-order valence-electron chi connectivity index (χ3n) is 4.86. The molecule has 5 heteroatoms. The van der Waals surface area contributed by atoms with Gasteiger partial charge in [-0.1, -0.05) is 30.3 Å². The van der Waals surface area contributed by atoms with E-state index in [0.29, 0.717) is 5.88 Å². The van der Waals surface area contributed by atoms with E-state index in [0.717, 1.165) is 47.6 Å². The Labute approximate surface area is 159 Å². The van der Waals surface area contributed by atoms with Crippen LogP contribution in [-0.4, -0.2) is 36.8 Å². The molecule has 0 unspecified atom stereocenters. The highest BCUT2D eigenvalue weighted by Gasteiger charge is 2.23. The zero-order valence-electron chi connectivity index (χ0n) is 15.9. The molecule has 0 bridgehead atoms. The number of nitrogens with zero attached hydrogens (tertiary/aromatic N) is 2. The standard InChI is InChI=1S/C22H24N2O3/c1-15-12-24(13-16-7-5-4-6-8-16)14-17-11-18-19(25-2)9-10-20(26-3)21(18)23-22(17)27-15/h4-11,15H,12-14H2,1-3H3/t15-/m1/s1. The highest BCUT2D eigenvalue weighted by molar-refractivity contribution is 5.91. The number of rotatable bonds is 4. The Morgan fingerprint density at radius 3 is 2.56 bits per heavy atom. The van der Waals surface area contributed by atoms with E-state index in [2.05, 4.69) is 42.2 Å². The number of pyridine rings is 1. The third kappa shape index (κ3) is 3.55. The summed E-state index contributed by atoms with van der Waals surface area (Å²) in [5, 5.41) is 0.938. The first kappa shape index (κ1) is 17.6. The van der Waals surface area contributed by atoms with Gasteiger partial charge in [-0.25, -0.2) is 4.98 Å². The highest BCUT2D eigenvalue weighted by Crippen LogP contribution is 2.36. The molecule has 5 nitrogen and oxygen atoms in total. The molecule has 0 saturated carbocycles. The lowest BCUT2D eigenvalue weighted by atomic mass is 10.1. The van der Waals surface area contributed by atoms with E-state index in [4.69, 9.17) is 19.2 Å². The molecule has 2 heterocycles. The molecule has 1 aliphatic rings. The summed E-state index contributed by atoms with van der Waals surface area (Å²) in [5.74, 6) is 2.18. The number of aromatic nitrogens is 1. The number of ether oxygens (including phenoxy) is 3. The van der Waals surface area contributed by atoms with Crippen LogP contribution in [0.15, 0.2) is 48.5 Å². The van der Waals surface area contributed by atoms with Crippen molar-refractivity contribution in [3.63, 3.8) is 0 Å². The molecule has 0 aliphatic carbocycles. The summed E-state index contributed by atoms with van der Waals surface area (Å²) in [6, 6.07) is 16.4. The number of benzene rings is 2. The number of methoxy groups -OCH3 is 2. The Bertz CT molecular complexity index is 943. The van der Waals surface area contributed by atoms with Crippen molar-refractivity contribution in [3.05, 3.63) is 59.7 Å². The van der Waals surface area contributed by atoms with Gasteiger partial charge in [0.15, 0.2) is 0 Å². The molecular formula is C22H24N2O3. The van der Waals surface area contributed by atoms with Crippen molar-refractivity contribution in [3.8, 4) is 17.4 Å². The molecule has 27 heavy (non-hydrogen) atoms. The Hall–Kier alpha value is -2.79. The average molecular weight is 364 g/mol. The van der Waals surface area contributed by atoms with E-state index >= 15 is 0 Å². The van der Waals surface area contributed by atoms with Crippen molar-refractivity contribution in [2.24, 2.45) is 0 Å². The van der Waals surface area contributed by atoms with Crippen LogP contribution in [0, 0.1) is 0 Å². The van der Waals surface area contributed by atoms with Crippen LogP contribution in [0.25, 0.3) is 10.9 Å². The van der Waals surface area contributed by atoms with Crippen LogP contribution >= 0.6 is 0 Å². The maximum atomic E-state index is 6.16. The van der Waals surface area contributed by atoms with Crippen molar-refractivity contribution < 1.29 is 14.2 Å². The molecule has 140 valence electrons. The van der Waals surface area contributed by atoms with Crippen LogP contribution in [0.4, 0.5) is 0 Å². The first-order valence-electron chi connectivity index (χ1n) is 9.15. The predicted molar refractivity (Wildman–Crippen MR) is 105 cm³/mol. The van der Waals surface area contributed by atoms with E-state index in [1.165, 1.54) is 5.56 Å². The summed E-state index contributed by atoms with van der Waals surface area (Å²) in [4.78, 5) is 7.19. The van der Waals surface area contributed by atoms with Gasteiger partial charge in [0.1, 0.15) is 23.1 Å². The molecule has 4 rings (SSSR count). The van der Waals surface area contributed by atoms with Gasteiger partial charge in [-0.2, -0.15) is 0 Å². The second kappa shape index (κ2) is 7.45. The Kier molecular flexibility index (Phi) is 4.86. The van der Waals surface area contributed by atoms with Gasteiger partial charge in [0.25, 0.3) is 0 Å². The summed E-state index contributed by atoms with van der Waals surface area (Å²) < 4.78 is 17.2. The minimum atomic E-state index is 0.0523. The number of hydrogen-bond donors (Lipinski definition) is 0. The average Bonchev–Trinajstić information content (AvgIpc) is 2.83. The second-order valence-electron chi connectivity index (χ2n) is 6.90. The van der Waals surface area contributed by atoms with Gasteiger partial charge in [-0.3, -0.25) is 4.90 Å². The molecule has 0 amide bonds. The van der Waals surface area contributed by atoms with Gasteiger partial charge in [0.2, 0.25) is 5.88 Å². The predicted octanol–water partition coefficient (Wildman–Crippen LogP) is 4.04. The van der Waals surface area contributed by atoms with Gasteiger partial charge in [-0.15, -0.1) is 0 Å². The van der Waals surface area contributed by atoms with E-state index in [1.807, 2.05) is 18.2 Å². The topological polar surface area (TPSA) is 43.8 Å². The van der Waals surface area contributed by atoms with Crippen LogP contribution in [0.3, 0.4) is 0 Å². The van der Waals surface area contributed by atoms with Crippen molar-refractivity contribution >= 4 is 10.9 Å².